The van der Waals surface area contributed by atoms with Crippen LogP contribution in [0, 0.1) is 0 Å². The van der Waals surface area contributed by atoms with Crippen LogP contribution in [0.4, 0.5) is 0 Å². The van der Waals surface area contributed by atoms with Crippen molar-refractivity contribution in [2.45, 2.75) is 0 Å². The summed E-state index contributed by atoms with van der Waals surface area (Å²) < 4.78 is 30.8. The quantitative estimate of drug-likeness (QED) is 0.209. The third kappa shape index (κ3) is 49.0. The second-order valence-electron chi connectivity index (χ2n) is 1.55. The van der Waals surface area contributed by atoms with Crippen LogP contribution in [0.1, 0.15) is 0 Å². The van der Waals surface area contributed by atoms with E-state index < -0.39 is 23.5 Å². The molecule has 0 saturated carbocycles. The molecule has 1 unspecified atom stereocenters. The third-order valence-electron chi connectivity index (χ3n) is 0.210. The molecule has 0 fully saturated rings. The van der Waals surface area contributed by atoms with Crippen molar-refractivity contribution in [3.63, 3.8) is 0 Å². The summed E-state index contributed by atoms with van der Waals surface area (Å²) in [7, 11) is -15.1. The fourth-order valence-electron chi connectivity index (χ4n) is 0.134. The maximum Gasteiger partial charge on any atom is 1.00 e. The molecule has 11 nitrogen and oxygen atoms in total. The number of hydrogen-bond donors (Lipinski definition) is 6. The largest absolute Gasteiger partial charge is 1.00 e. The first kappa shape index (κ1) is 22.2. The van der Waals surface area contributed by atoms with Gasteiger partial charge in [0.2, 0.25) is 0 Å². The molecule has 15 heteroatoms. The van der Waals surface area contributed by atoms with E-state index in [9.17, 15) is 14.0 Å². The molecule has 0 heterocycles. The second-order valence-corrected chi connectivity index (χ2v) is 5.15. The average Bonchev–Trinajstić information content (AvgIpc) is 1.42. The van der Waals surface area contributed by atoms with Gasteiger partial charge in [-0.25, -0.2) is 13.4 Å². The molecule has 0 radical (unpaired) electrons. The topological polar surface area (TPSA) is 205 Å². The summed E-state index contributed by atoms with van der Waals surface area (Å²) in [5, 5.41) is 0. The van der Waals surface area contributed by atoms with Crippen LogP contribution in [0.3, 0.4) is 0 Å². The fourth-order valence-corrected chi connectivity index (χ4v) is 1.21. The van der Waals surface area contributed by atoms with Gasteiger partial charge in [0.05, 0.1) is 0 Å². The normalized spacial score (nSPS) is 15.4. The molecule has 0 aliphatic carbocycles. The van der Waals surface area contributed by atoms with Crippen LogP contribution in [0.25, 0.3) is 0 Å². The first-order chi connectivity index (χ1) is 5.71. The van der Waals surface area contributed by atoms with Crippen LogP contribution < -0.4 is 56.3 Å². The van der Waals surface area contributed by atoms with Crippen molar-refractivity contribution < 1.29 is 104 Å². The average molecular weight is 314 g/mol. The van der Waals surface area contributed by atoms with Crippen LogP contribution in [0.15, 0.2) is 0 Å². The van der Waals surface area contributed by atoms with E-state index in [1.807, 2.05) is 0 Å². The molecule has 0 saturated heterocycles. The molecule has 0 aliphatic heterocycles. The predicted molar refractivity (Wildman–Crippen MR) is 37.2 cm³/mol. The molecule has 0 spiro atoms. The maximum atomic E-state index is 9.59. The summed E-state index contributed by atoms with van der Waals surface area (Å²) in [5.74, 6) is 0. The molecular formula is H6KO11P3. The molecule has 0 aromatic carbocycles. The van der Waals surface area contributed by atoms with Crippen molar-refractivity contribution in [2.75, 3.05) is 0 Å². The van der Waals surface area contributed by atoms with Gasteiger partial charge in [-0.15, -0.1) is 0 Å². The van der Waals surface area contributed by atoms with Gasteiger partial charge in [-0.3, -0.25) is 4.57 Å². The van der Waals surface area contributed by atoms with Crippen molar-refractivity contribution in [3.05, 3.63) is 0 Å². The van der Waals surface area contributed by atoms with Crippen molar-refractivity contribution in [1.29, 1.82) is 0 Å². The second kappa shape index (κ2) is 8.17. The van der Waals surface area contributed by atoms with Crippen molar-refractivity contribution in [2.24, 2.45) is 0 Å². The SMILES string of the molecule is O=P(O)(O)O.O=P([O-])(O)OP(=O)(O)O.[K+]. The zero-order valence-electron chi connectivity index (χ0n) is 7.07. The van der Waals surface area contributed by atoms with Gasteiger partial charge in [0.25, 0.3) is 7.82 Å². The van der Waals surface area contributed by atoms with Gasteiger partial charge in [-0.05, 0) is 0 Å². The minimum absolute atomic E-state index is 0. The van der Waals surface area contributed by atoms with Crippen molar-refractivity contribution in [3.8, 4) is 0 Å². The molecule has 0 rings (SSSR count). The monoisotopic (exact) mass is 314 g/mol. The molecule has 0 aliphatic rings. The molecule has 15 heavy (non-hydrogen) atoms. The zero-order valence-corrected chi connectivity index (χ0v) is 12.9. The maximum absolute atomic E-state index is 9.59. The van der Waals surface area contributed by atoms with Crippen LogP contribution in [-0.2, 0) is 18.0 Å². The Labute approximate surface area is 126 Å². The van der Waals surface area contributed by atoms with Gasteiger partial charge >= 0.3 is 67.0 Å². The van der Waals surface area contributed by atoms with Crippen LogP contribution in [-0.4, -0.2) is 29.4 Å². The Bertz CT molecular complexity index is 259. The van der Waals surface area contributed by atoms with Gasteiger partial charge < -0.3 is 34.3 Å². The molecule has 0 bridgehead atoms. The summed E-state index contributed by atoms with van der Waals surface area (Å²) >= 11 is 0. The van der Waals surface area contributed by atoms with E-state index in [0.717, 1.165) is 0 Å². The van der Waals surface area contributed by atoms with Gasteiger partial charge in [0.1, 0.15) is 0 Å². The predicted octanol–water partition coefficient (Wildman–Crippen LogP) is -5.37. The van der Waals surface area contributed by atoms with E-state index in [1.165, 1.54) is 0 Å². The molecule has 0 aromatic heterocycles. The van der Waals surface area contributed by atoms with Gasteiger partial charge in [0, 0.05) is 0 Å². The standard InChI is InChI=1S/K.H4O7P2.H3O4P/c;1-8(2,3)7-9(4,5)6;1-5(2,3)4/h;(H2,1,2,3)(H2,4,5,6);(H3,1,2,3,4)/q+1;;/p-1. The summed E-state index contributed by atoms with van der Waals surface area (Å²) in [5.41, 5.74) is 0. The molecular weight excluding hydrogens is 308 g/mol. The first-order valence-corrected chi connectivity index (χ1v) is 6.89. The van der Waals surface area contributed by atoms with Gasteiger partial charge in [0.15, 0.2) is 0 Å². The Morgan fingerprint density at radius 2 is 1.07 bits per heavy atom. The van der Waals surface area contributed by atoms with Gasteiger partial charge in [-0.1, -0.05) is 0 Å². The van der Waals surface area contributed by atoms with E-state index in [1.54, 1.807) is 0 Å². The number of rotatable bonds is 2. The Balaban J connectivity index is -0.000000208. The van der Waals surface area contributed by atoms with Gasteiger partial charge in [-0.2, -0.15) is 0 Å². The molecule has 0 aromatic rings. The summed E-state index contributed by atoms with van der Waals surface area (Å²) in [6.45, 7) is 0. The Hall–Kier alpha value is 2.01. The fraction of sp³-hybridized carbons (Fsp3) is 0. The van der Waals surface area contributed by atoms with Crippen molar-refractivity contribution >= 4 is 23.5 Å². The van der Waals surface area contributed by atoms with E-state index >= 15 is 0 Å². The summed E-state index contributed by atoms with van der Waals surface area (Å²) in [6, 6.07) is 0. The zero-order chi connectivity index (χ0) is 12.2. The first-order valence-electron chi connectivity index (χ1n) is 2.30. The Kier molecular flexibility index (Phi) is 12.1. The number of phosphoric acid groups is 3. The summed E-state index contributed by atoms with van der Waals surface area (Å²) in [6.07, 6.45) is 0. The van der Waals surface area contributed by atoms with Crippen LogP contribution in [0.2, 0.25) is 0 Å². The molecule has 6 N–H and O–H groups in total. The summed E-state index contributed by atoms with van der Waals surface area (Å²) in [4.78, 5) is 54.1. The van der Waals surface area contributed by atoms with E-state index in [0.29, 0.717) is 0 Å². The minimum Gasteiger partial charge on any atom is -0.756 e. The Morgan fingerprint density at radius 1 is 0.867 bits per heavy atom. The van der Waals surface area contributed by atoms with E-state index in [2.05, 4.69) is 4.31 Å². The smallest absolute Gasteiger partial charge is 0.756 e. The Morgan fingerprint density at radius 3 is 1.07 bits per heavy atom. The molecule has 88 valence electrons. The van der Waals surface area contributed by atoms with Crippen LogP contribution in [0.5, 0.6) is 0 Å². The number of hydrogen-bond acceptors (Lipinski definition) is 5. The molecule has 0 amide bonds. The molecule has 1 atom stereocenters. The van der Waals surface area contributed by atoms with Crippen LogP contribution >= 0.6 is 23.5 Å². The third-order valence-corrected chi connectivity index (χ3v) is 1.89. The van der Waals surface area contributed by atoms with E-state index in [-0.39, 0.29) is 51.4 Å². The minimum atomic E-state index is -5.30. The van der Waals surface area contributed by atoms with Crippen molar-refractivity contribution in [1.82, 2.24) is 0 Å². The van der Waals surface area contributed by atoms with E-state index in [4.69, 9.17) is 33.9 Å².